The van der Waals surface area contributed by atoms with E-state index in [1.807, 2.05) is 0 Å². The van der Waals surface area contributed by atoms with E-state index in [4.69, 9.17) is 14.3 Å². The number of hydrogen-bond donors (Lipinski definition) is 2. The first-order valence-corrected chi connectivity index (χ1v) is 10.6. The number of benzene rings is 1. The maximum absolute atomic E-state index is 6.06. The lowest BCUT2D eigenvalue weighted by molar-refractivity contribution is 0.296. The number of nitrogens with zero attached hydrogens (tertiary/aromatic N) is 3. The first-order chi connectivity index (χ1) is 14.0. The Balaban J connectivity index is 0.00000320. The number of guanidine groups is 1. The van der Waals surface area contributed by atoms with Gasteiger partial charge in [0, 0.05) is 31.0 Å². The molecule has 1 fully saturated rings. The number of halogens is 1. The molecule has 0 radical (unpaired) electrons. The van der Waals surface area contributed by atoms with Gasteiger partial charge in [0.05, 0.1) is 13.2 Å². The van der Waals surface area contributed by atoms with Crippen LogP contribution in [0.25, 0.3) is 0 Å². The molecule has 0 atom stereocenters. The van der Waals surface area contributed by atoms with Gasteiger partial charge in [-0.25, -0.2) is 4.99 Å². The molecule has 0 amide bonds. The minimum atomic E-state index is 0. The van der Waals surface area contributed by atoms with E-state index >= 15 is 0 Å². The summed E-state index contributed by atoms with van der Waals surface area (Å²) in [7, 11) is 0. The Labute approximate surface area is 196 Å². The fraction of sp³-hybridized carbons (Fsp3) is 0.591. The summed E-state index contributed by atoms with van der Waals surface area (Å²) in [5, 5.41) is 10.6. The molecule has 166 valence electrons. The van der Waals surface area contributed by atoms with Crippen molar-refractivity contribution in [2.75, 3.05) is 19.7 Å². The zero-order valence-corrected chi connectivity index (χ0v) is 20.7. The molecule has 0 aliphatic heterocycles. The Morgan fingerprint density at radius 2 is 2.10 bits per heavy atom. The van der Waals surface area contributed by atoms with Crippen LogP contribution in [-0.2, 0) is 13.0 Å². The molecule has 2 N–H and O–H groups in total. The van der Waals surface area contributed by atoms with Crippen molar-refractivity contribution in [2.24, 2.45) is 10.9 Å². The number of aliphatic imine (C=N–C) groups is 1. The number of ether oxygens (including phenoxy) is 1. The predicted octanol–water partition coefficient (Wildman–Crippen LogP) is 4.21. The number of aryl methyl sites for hydroxylation is 1. The van der Waals surface area contributed by atoms with Crippen molar-refractivity contribution >= 4 is 29.9 Å². The maximum Gasteiger partial charge on any atom is 0.228 e. The fourth-order valence-corrected chi connectivity index (χ4v) is 2.82. The smallest absolute Gasteiger partial charge is 0.228 e. The second-order valence-corrected chi connectivity index (χ2v) is 7.94. The molecule has 0 saturated heterocycles. The summed E-state index contributed by atoms with van der Waals surface area (Å²) in [6.07, 6.45) is 3.23. The molecular weight excluding hydrogens is 493 g/mol. The van der Waals surface area contributed by atoms with Crippen LogP contribution in [-0.4, -0.2) is 35.8 Å². The van der Waals surface area contributed by atoms with Gasteiger partial charge in [-0.2, -0.15) is 4.98 Å². The minimum Gasteiger partial charge on any atom is -0.493 e. The van der Waals surface area contributed by atoms with Crippen molar-refractivity contribution in [3.63, 3.8) is 0 Å². The Morgan fingerprint density at radius 1 is 1.30 bits per heavy atom. The fourth-order valence-electron chi connectivity index (χ4n) is 2.82. The zero-order valence-electron chi connectivity index (χ0n) is 18.4. The number of aromatic nitrogens is 2. The minimum absolute atomic E-state index is 0. The topological polar surface area (TPSA) is 84.6 Å². The molecule has 7 nitrogen and oxygen atoms in total. The third-order valence-corrected chi connectivity index (χ3v) is 4.78. The number of hydrogen-bond acceptors (Lipinski definition) is 5. The summed E-state index contributed by atoms with van der Waals surface area (Å²) in [6.45, 7) is 11.1. The Kier molecular flexibility index (Phi) is 9.87. The van der Waals surface area contributed by atoms with Crippen LogP contribution in [0.15, 0.2) is 27.7 Å². The summed E-state index contributed by atoms with van der Waals surface area (Å²) < 4.78 is 11.4. The van der Waals surface area contributed by atoms with E-state index in [9.17, 15) is 0 Å². The van der Waals surface area contributed by atoms with Gasteiger partial charge in [-0.3, -0.25) is 0 Å². The van der Waals surface area contributed by atoms with Crippen LogP contribution in [0.4, 0.5) is 0 Å². The molecule has 1 aromatic heterocycles. The van der Waals surface area contributed by atoms with Crippen molar-refractivity contribution in [2.45, 2.75) is 59.4 Å². The van der Waals surface area contributed by atoms with Crippen molar-refractivity contribution in [1.29, 1.82) is 0 Å². The standard InChI is InChI=1S/C22H33N5O2.HI/c1-5-23-22(24-11-10-20-26-21(15(2)3)27-29-20)25-13-18-9-6-16(4)12-19(18)28-14-17-7-8-17;/h6,9,12,15,17H,5,7-8,10-11,13-14H2,1-4H3,(H2,23,24,25);1H. The Morgan fingerprint density at radius 3 is 2.77 bits per heavy atom. The Bertz CT molecular complexity index is 818. The molecule has 1 heterocycles. The lowest BCUT2D eigenvalue weighted by Crippen LogP contribution is -2.38. The van der Waals surface area contributed by atoms with Gasteiger partial charge in [-0.15, -0.1) is 24.0 Å². The van der Waals surface area contributed by atoms with E-state index in [0.29, 0.717) is 25.4 Å². The summed E-state index contributed by atoms with van der Waals surface area (Å²) in [5.74, 6) is 4.11. The van der Waals surface area contributed by atoms with Crippen LogP contribution in [0.5, 0.6) is 5.75 Å². The summed E-state index contributed by atoms with van der Waals surface area (Å²) in [6, 6.07) is 6.32. The molecule has 0 bridgehead atoms. The van der Waals surface area contributed by atoms with Gasteiger partial charge in [0.1, 0.15) is 5.75 Å². The van der Waals surface area contributed by atoms with Crippen molar-refractivity contribution in [3.05, 3.63) is 41.0 Å². The second kappa shape index (κ2) is 12.1. The highest BCUT2D eigenvalue weighted by atomic mass is 127. The molecule has 3 rings (SSSR count). The van der Waals surface area contributed by atoms with Gasteiger partial charge >= 0.3 is 0 Å². The first-order valence-electron chi connectivity index (χ1n) is 10.6. The molecule has 1 aromatic carbocycles. The van der Waals surface area contributed by atoms with Gasteiger partial charge < -0.3 is 19.9 Å². The van der Waals surface area contributed by atoms with Crippen molar-refractivity contribution in [1.82, 2.24) is 20.8 Å². The molecule has 30 heavy (non-hydrogen) atoms. The average Bonchev–Trinajstić information content (AvgIpc) is 3.40. The van der Waals surface area contributed by atoms with Crippen molar-refractivity contribution in [3.8, 4) is 5.75 Å². The van der Waals surface area contributed by atoms with E-state index in [0.717, 1.165) is 42.2 Å². The lowest BCUT2D eigenvalue weighted by Gasteiger charge is -2.13. The monoisotopic (exact) mass is 527 g/mol. The van der Waals surface area contributed by atoms with Crippen LogP contribution >= 0.6 is 24.0 Å². The van der Waals surface area contributed by atoms with Gasteiger partial charge in [-0.05, 0) is 44.2 Å². The molecule has 2 aromatic rings. The summed E-state index contributed by atoms with van der Waals surface area (Å²) in [4.78, 5) is 9.14. The van der Waals surface area contributed by atoms with E-state index in [1.165, 1.54) is 18.4 Å². The largest absolute Gasteiger partial charge is 0.493 e. The first kappa shape index (κ1) is 24.4. The molecule has 1 saturated carbocycles. The SMILES string of the molecule is CCNC(=NCc1ccc(C)cc1OCC1CC1)NCCc1nc(C(C)C)no1.I. The predicted molar refractivity (Wildman–Crippen MR) is 130 cm³/mol. The van der Waals surface area contributed by atoms with Gasteiger partial charge in [0.2, 0.25) is 5.89 Å². The molecule has 8 heteroatoms. The maximum atomic E-state index is 6.06. The van der Waals surface area contributed by atoms with Crippen LogP contribution in [0.2, 0.25) is 0 Å². The zero-order chi connectivity index (χ0) is 20.6. The third-order valence-electron chi connectivity index (χ3n) is 4.78. The van der Waals surface area contributed by atoms with Crippen molar-refractivity contribution < 1.29 is 9.26 Å². The Hall–Kier alpha value is -1.84. The van der Waals surface area contributed by atoms with E-state index in [-0.39, 0.29) is 29.9 Å². The van der Waals surface area contributed by atoms with Gasteiger partial charge in [0.15, 0.2) is 11.8 Å². The summed E-state index contributed by atoms with van der Waals surface area (Å²) >= 11 is 0. The number of rotatable bonds is 10. The highest BCUT2D eigenvalue weighted by Gasteiger charge is 2.22. The number of nitrogens with one attached hydrogen (secondary N) is 2. The highest BCUT2D eigenvalue weighted by molar-refractivity contribution is 14.0. The highest BCUT2D eigenvalue weighted by Crippen LogP contribution is 2.30. The van der Waals surface area contributed by atoms with E-state index < -0.39 is 0 Å². The van der Waals surface area contributed by atoms with E-state index in [1.54, 1.807) is 0 Å². The molecule has 1 aliphatic rings. The second-order valence-electron chi connectivity index (χ2n) is 7.94. The lowest BCUT2D eigenvalue weighted by atomic mass is 10.1. The third kappa shape index (κ3) is 7.77. The van der Waals surface area contributed by atoms with Crippen LogP contribution in [0.3, 0.4) is 0 Å². The van der Waals surface area contributed by atoms with Crippen LogP contribution < -0.4 is 15.4 Å². The van der Waals surface area contributed by atoms with Crippen LogP contribution in [0, 0.1) is 12.8 Å². The molecule has 0 spiro atoms. The molecule has 1 aliphatic carbocycles. The molecule has 0 unspecified atom stereocenters. The van der Waals surface area contributed by atoms with Crippen LogP contribution in [0.1, 0.15) is 62.4 Å². The van der Waals surface area contributed by atoms with Gasteiger partial charge in [0.25, 0.3) is 0 Å². The average molecular weight is 527 g/mol. The quantitative estimate of drug-likeness (QED) is 0.274. The van der Waals surface area contributed by atoms with E-state index in [2.05, 4.69) is 66.7 Å². The molecular formula is C22H34IN5O2. The summed E-state index contributed by atoms with van der Waals surface area (Å²) in [5.41, 5.74) is 2.31. The normalized spacial score (nSPS) is 13.8. The van der Waals surface area contributed by atoms with Gasteiger partial charge in [-0.1, -0.05) is 31.1 Å².